The van der Waals surface area contributed by atoms with Crippen molar-refractivity contribution in [2.75, 3.05) is 13.1 Å². The summed E-state index contributed by atoms with van der Waals surface area (Å²) in [5.41, 5.74) is 7.04. The minimum Gasteiger partial charge on any atom is -0.474 e. The van der Waals surface area contributed by atoms with Crippen LogP contribution in [0.5, 0.6) is 5.88 Å². The fourth-order valence-corrected chi connectivity index (χ4v) is 2.09. The molecular weight excluding hydrogens is 252 g/mol. The van der Waals surface area contributed by atoms with E-state index in [1.807, 2.05) is 17.0 Å². The zero-order valence-corrected chi connectivity index (χ0v) is 12.4. The summed E-state index contributed by atoms with van der Waals surface area (Å²) in [7, 11) is 0. The van der Waals surface area contributed by atoms with Crippen LogP contribution in [-0.4, -0.2) is 35.0 Å². The Bertz CT molecular complexity index is 453. The molecule has 1 aromatic rings. The third kappa shape index (κ3) is 3.85. The molecule has 1 heterocycles. The molecular formula is C15H24N4O. The molecule has 20 heavy (non-hydrogen) atoms. The molecule has 0 aliphatic heterocycles. The maximum atomic E-state index is 5.97. The van der Waals surface area contributed by atoms with Crippen LogP contribution in [0.15, 0.2) is 23.3 Å². The van der Waals surface area contributed by atoms with E-state index in [-0.39, 0.29) is 0 Å². The molecule has 1 aliphatic rings. The third-order valence-electron chi connectivity index (χ3n) is 3.65. The van der Waals surface area contributed by atoms with Gasteiger partial charge in [0.1, 0.15) is 6.10 Å². The highest BCUT2D eigenvalue weighted by Crippen LogP contribution is 2.24. The summed E-state index contributed by atoms with van der Waals surface area (Å²) >= 11 is 0. The highest BCUT2D eigenvalue weighted by atomic mass is 16.5. The molecule has 2 rings (SSSR count). The van der Waals surface area contributed by atoms with Crippen LogP contribution in [0.25, 0.3) is 0 Å². The van der Waals surface area contributed by atoms with Gasteiger partial charge in [-0.15, -0.1) is 0 Å². The smallest absolute Gasteiger partial charge is 0.213 e. The molecule has 0 radical (unpaired) electrons. The van der Waals surface area contributed by atoms with E-state index in [1.165, 1.54) is 6.42 Å². The van der Waals surface area contributed by atoms with Gasteiger partial charge in [-0.1, -0.05) is 0 Å². The first-order valence-corrected chi connectivity index (χ1v) is 7.39. The van der Waals surface area contributed by atoms with Crippen molar-refractivity contribution in [3.05, 3.63) is 23.9 Å². The number of aromatic nitrogens is 1. The summed E-state index contributed by atoms with van der Waals surface area (Å²) < 4.78 is 5.79. The van der Waals surface area contributed by atoms with Gasteiger partial charge in [-0.25, -0.2) is 9.98 Å². The van der Waals surface area contributed by atoms with Crippen molar-refractivity contribution in [1.82, 2.24) is 9.88 Å². The number of nitrogens with two attached hydrogens (primary N) is 1. The van der Waals surface area contributed by atoms with E-state index in [9.17, 15) is 0 Å². The van der Waals surface area contributed by atoms with Crippen molar-refractivity contribution in [1.29, 1.82) is 0 Å². The summed E-state index contributed by atoms with van der Waals surface area (Å²) in [6.45, 7) is 6.45. The summed E-state index contributed by atoms with van der Waals surface area (Å²) in [5.74, 6) is 1.29. The van der Waals surface area contributed by atoms with Crippen LogP contribution in [0.1, 0.15) is 38.7 Å². The zero-order valence-electron chi connectivity index (χ0n) is 12.4. The number of hydrogen-bond acceptors (Lipinski definition) is 3. The number of nitrogens with zero attached hydrogens (tertiary/aromatic N) is 3. The Balaban J connectivity index is 1.94. The molecule has 0 amide bonds. The molecule has 1 fully saturated rings. The minimum atomic E-state index is 0.349. The van der Waals surface area contributed by atoms with Crippen LogP contribution in [-0.2, 0) is 6.54 Å². The molecule has 0 unspecified atom stereocenters. The van der Waals surface area contributed by atoms with E-state index in [2.05, 4.69) is 23.8 Å². The molecule has 5 heteroatoms. The van der Waals surface area contributed by atoms with Gasteiger partial charge in [0.25, 0.3) is 0 Å². The molecule has 0 atom stereocenters. The van der Waals surface area contributed by atoms with Gasteiger partial charge < -0.3 is 15.4 Å². The molecule has 110 valence electrons. The van der Waals surface area contributed by atoms with Crippen molar-refractivity contribution >= 4 is 5.96 Å². The minimum absolute atomic E-state index is 0.349. The number of pyridine rings is 1. The molecule has 5 nitrogen and oxygen atoms in total. The average Bonchev–Trinajstić information content (AvgIpc) is 2.42. The van der Waals surface area contributed by atoms with Gasteiger partial charge in [-0.2, -0.15) is 0 Å². The molecule has 2 N–H and O–H groups in total. The van der Waals surface area contributed by atoms with Crippen LogP contribution in [0, 0.1) is 0 Å². The van der Waals surface area contributed by atoms with Gasteiger partial charge in [0.15, 0.2) is 5.96 Å². The average molecular weight is 276 g/mol. The number of aliphatic imine (C=N–C) groups is 1. The quantitative estimate of drug-likeness (QED) is 0.639. The number of rotatable bonds is 6. The first kappa shape index (κ1) is 14.6. The second-order valence-electron chi connectivity index (χ2n) is 5.02. The Morgan fingerprint density at radius 1 is 1.45 bits per heavy atom. The molecule has 0 spiro atoms. The van der Waals surface area contributed by atoms with Gasteiger partial charge in [0.05, 0.1) is 6.54 Å². The lowest BCUT2D eigenvalue weighted by molar-refractivity contribution is 0.114. The number of ether oxygens (including phenoxy) is 1. The Labute approximate surface area is 120 Å². The predicted molar refractivity (Wildman–Crippen MR) is 80.8 cm³/mol. The predicted octanol–water partition coefficient (Wildman–Crippen LogP) is 2.17. The van der Waals surface area contributed by atoms with E-state index >= 15 is 0 Å². The Kier molecular flexibility index (Phi) is 5.21. The SMILES string of the molecule is CCN(CC)C(N)=NCc1ccnc(OC2CCC2)c1. The first-order chi connectivity index (χ1) is 9.72. The van der Waals surface area contributed by atoms with Gasteiger partial charge in [0, 0.05) is 25.4 Å². The van der Waals surface area contributed by atoms with Crippen LogP contribution >= 0.6 is 0 Å². The van der Waals surface area contributed by atoms with Gasteiger partial charge >= 0.3 is 0 Å². The second-order valence-corrected chi connectivity index (χ2v) is 5.02. The van der Waals surface area contributed by atoms with E-state index in [4.69, 9.17) is 10.5 Å². The summed E-state index contributed by atoms with van der Waals surface area (Å²) in [6.07, 6.45) is 5.65. The fraction of sp³-hybridized carbons (Fsp3) is 0.600. The standard InChI is InChI=1S/C15H24N4O/c1-3-19(4-2)15(16)18-11-12-8-9-17-14(10-12)20-13-6-5-7-13/h8-10,13H,3-7,11H2,1-2H3,(H2,16,18). The lowest BCUT2D eigenvalue weighted by Crippen LogP contribution is -2.37. The lowest BCUT2D eigenvalue weighted by atomic mass is 9.96. The Morgan fingerprint density at radius 2 is 2.20 bits per heavy atom. The third-order valence-corrected chi connectivity index (χ3v) is 3.65. The van der Waals surface area contributed by atoms with E-state index in [0.717, 1.165) is 31.5 Å². The van der Waals surface area contributed by atoms with Crippen LogP contribution in [0.2, 0.25) is 0 Å². The summed E-state index contributed by atoms with van der Waals surface area (Å²) in [5, 5.41) is 0. The Morgan fingerprint density at radius 3 is 2.80 bits per heavy atom. The largest absolute Gasteiger partial charge is 0.474 e. The van der Waals surface area contributed by atoms with Crippen molar-refractivity contribution in [2.45, 2.75) is 45.8 Å². The van der Waals surface area contributed by atoms with Crippen LogP contribution in [0.4, 0.5) is 0 Å². The van der Waals surface area contributed by atoms with Crippen molar-refractivity contribution in [3.63, 3.8) is 0 Å². The molecule has 1 aliphatic carbocycles. The highest BCUT2D eigenvalue weighted by molar-refractivity contribution is 5.77. The first-order valence-electron chi connectivity index (χ1n) is 7.39. The highest BCUT2D eigenvalue weighted by Gasteiger charge is 2.19. The molecule has 0 aromatic carbocycles. The normalized spacial score (nSPS) is 15.8. The molecule has 0 saturated heterocycles. The van der Waals surface area contributed by atoms with Crippen molar-refractivity contribution in [2.24, 2.45) is 10.7 Å². The van der Waals surface area contributed by atoms with Crippen LogP contribution < -0.4 is 10.5 Å². The van der Waals surface area contributed by atoms with Crippen molar-refractivity contribution < 1.29 is 4.74 Å². The lowest BCUT2D eigenvalue weighted by Gasteiger charge is -2.25. The molecule has 1 saturated carbocycles. The summed E-state index contributed by atoms with van der Waals surface area (Å²) in [6, 6.07) is 3.91. The topological polar surface area (TPSA) is 63.7 Å². The van der Waals surface area contributed by atoms with Gasteiger partial charge in [-0.3, -0.25) is 0 Å². The Hall–Kier alpha value is -1.78. The van der Waals surface area contributed by atoms with E-state index < -0.39 is 0 Å². The van der Waals surface area contributed by atoms with E-state index in [1.54, 1.807) is 6.20 Å². The maximum absolute atomic E-state index is 5.97. The van der Waals surface area contributed by atoms with Gasteiger partial charge in [-0.05, 0) is 44.7 Å². The molecule has 0 bridgehead atoms. The molecule has 1 aromatic heterocycles. The fourth-order valence-electron chi connectivity index (χ4n) is 2.09. The second kappa shape index (κ2) is 7.12. The van der Waals surface area contributed by atoms with E-state index in [0.29, 0.717) is 24.5 Å². The maximum Gasteiger partial charge on any atom is 0.213 e. The van der Waals surface area contributed by atoms with Gasteiger partial charge in [0.2, 0.25) is 5.88 Å². The van der Waals surface area contributed by atoms with Crippen molar-refractivity contribution in [3.8, 4) is 5.88 Å². The zero-order chi connectivity index (χ0) is 14.4. The van der Waals surface area contributed by atoms with Crippen LogP contribution in [0.3, 0.4) is 0 Å². The number of guanidine groups is 1. The summed E-state index contributed by atoms with van der Waals surface area (Å²) in [4.78, 5) is 10.7. The number of hydrogen-bond donors (Lipinski definition) is 1. The monoisotopic (exact) mass is 276 g/mol.